The van der Waals surface area contributed by atoms with Crippen molar-refractivity contribution in [3.8, 4) is 0 Å². The van der Waals surface area contributed by atoms with Gasteiger partial charge in [0.2, 0.25) is 5.78 Å². The number of allylic oxidation sites excluding steroid dienone is 2. The van der Waals surface area contributed by atoms with Gasteiger partial charge in [0.25, 0.3) is 0 Å². The molecular weight excluding hydrogens is 248 g/mol. The smallest absolute Gasteiger partial charge is 0.203 e. The molecule has 0 spiro atoms. The van der Waals surface area contributed by atoms with Gasteiger partial charge in [-0.05, 0) is 74.2 Å². The van der Waals surface area contributed by atoms with Gasteiger partial charge >= 0.3 is 0 Å². The number of Topliss-reactive ketones (excluding diaryl/α,β-unsaturated/α-hetero) is 1. The lowest BCUT2D eigenvalue weighted by molar-refractivity contribution is -0.167. The summed E-state index contributed by atoms with van der Waals surface area (Å²) in [5.74, 6) is 1.82. The summed E-state index contributed by atoms with van der Waals surface area (Å²) in [5.41, 5.74) is 0.712. The maximum Gasteiger partial charge on any atom is 0.203 e. The minimum atomic E-state index is -0.0912. The molecule has 1 aliphatic heterocycles. The zero-order valence-corrected chi connectivity index (χ0v) is 12.8. The Morgan fingerprint density at radius 2 is 1.85 bits per heavy atom. The van der Waals surface area contributed by atoms with Gasteiger partial charge in [-0.1, -0.05) is 13.8 Å². The molecular formula is C18H26O2. The Labute approximate surface area is 122 Å². The first-order valence-electron chi connectivity index (χ1n) is 8.30. The van der Waals surface area contributed by atoms with Crippen molar-refractivity contribution >= 4 is 5.78 Å². The third-order valence-corrected chi connectivity index (χ3v) is 6.27. The quantitative estimate of drug-likeness (QED) is 0.752. The molecule has 2 unspecified atom stereocenters. The van der Waals surface area contributed by atoms with E-state index >= 15 is 0 Å². The lowest BCUT2D eigenvalue weighted by atomic mass is 9.39. The Kier molecular flexibility index (Phi) is 2.52. The van der Waals surface area contributed by atoms with Crippen molar-refractivity contribution < 1.29 is 9.53 Å². The van der Waals surface area contributed by atoms with Gasteiger partial charge < -0.3 is 4.74 Å². The molecule has 1 heterocycles. The Morgan fingerprint density at radius 1 is 1.15 bits per heavy atom. The normalized spacial score (nSPS) is 49.7. The van der Waals surface area contributed by atoms with Gasteiger partial charge in [0.15, 0.2) is 5.76 Å². The van der Waals surface area contributed by atoms with Crippen LogP contribution in [0.3, 0.4) is 0 Å². The van der Waals surface area contributed by atoms with E-state index in [-0.39, 0.29) is 5.41 Å². The Bertz CT molecular complexity index is 472. The number of rotatable bonds is 2. The summed E-state index contributed by atoms with van der Waals surface area (Å²) in [4.78, 5) is 13.1. The molecule has 2 heteroatoms. The summed E-state index contributed by atoms with van der Waals surface area (Å²) in [5, 5.41) is 0. The van der Waals surface area contributed by atoms with Crippen molar-refractivity contribution in [2.75, 3.05) is 6.61 Å². The monoisotopic (exact) mass is 274 g/mol. The van der Waals surface area contributed by atoms with Gasteiger partial charge in [-0.3, -0.25) is 4.79 Å². The highest BCUT2D eigenvalue weighted by Gasteiger charge is 2.63. The number of hydrogen-bond acceptors (Lipinski definition) is 2. The standard InChI is InChI=1S/C18H26O2/c1-16-7-13-8-17(2,10-16)12-18(9-13,11-16)15(19)14-5-3-4-6-20-14/h5,13H,3-4,6-12H2,1-2H3. The van der Waals surface area contributed by atoms with Crippen LogP contribution in [-0.2, 0) is 9.53 Å². The predicted octanol–water partition coefficient (Wildman–Crippen LogP) is 4.25. The molecule has 0 aromatic heterocycles. The highest BCUT2D eigenvalue weighted by atomic mass is 16.5. The fraction of sp³-hybridized carbons (Fsp3) is 0.833. The van der Waals surface area contributed by atoms with E-state index in [4.69, 9.17) is 4.74 Å². The van der Waals surface area contributed by atoms with E-state index in [1.165, 1.54) is 19.3 Å². The molecule has 0 saturated heterocycles. The molecule has 0 radical (unpaired) electrons. The summed E-state index contributed by atoms with van der Waals surface area (Å²) in [6, 6.07) is 0. The minimum absolute atomic E-state index is 0.0912. The molecule has 0 aromatic rings. The van der Waals surface area contributed by atoms with Gasteiger partial charge in [0.1, 0.15) is 0 Å². The third-order valence-electron chi connectivity index (χ3n) is 6.27. The number of carbonyl (C=O) groups excluding carboxylic acids is 1. The van der Waals surface area contributed by atoms with Crippen LogP contribution >= 0.6 is 0 Å². The average molecular weight is 274 g/mol. The molecule has 4 bridgehead atoms. The van der Waals surface area contributed by atoms with Crippen molar-refractivity contribution in [2.45, 2.75) is 65.2 Å². The van der Waals surface area contributed by atoms with Crippen LogP contribution in [0.2, 0.25) is 0 Å². The molecule has 4 saturated carbocycles. The van der Waals surface area contributed by atoms with Gasteiger partial charge in [-0.2, -0.15) is 0 Å². The fourth-order valence-corrected chi connectivity index (χ4v) is 6.68. The van der Waals surface area contributed by atoms with Crippen LogP contribution in [0.5, 0.6) is 0 Å². The van der Waals surface area contributed by atoms with E-state index in [0.717, 1.165) is 44.6 Å². The summed E-state index contributed by atoms with van der Waals surface area (Å²) in [6.45, 7) is 5.58. The Balaban J connectivity index is 1.70. The van der Waals surface area contributed by atoms with Crippen LogP contribution in [0.25, 0.3) is 0 Å². The van der Waals surface area contributed by atoms with Gasteiger partial charge in [0.05, 0.1) is 6.61 Å². The van der Waals surface area contributed by atoms with E-state index in [1.54, 1.807) is 0 Å². The molecule has 0 amide bonds. The van der Waals surface area contributed by atoms with Crippen LogP contribution < -0.4 is 0 Å². The van der Waals surface area contributed by atoms with Crippen molar-refractivity contribution in [2.24, 2.45) is 22.2 Å². The topological polar surface area (TPSA) is 26.3 Å². The third kappa shape index (κ3) is 1.79. The van der Waals surface area contributed by atoms with Crippen LogP contribution in [0, 0.1) is 22.2 Å². The second kappa shape index (κ2) is 3.90. The summed E-state index contributed by atoms with van der Waals surface area (Å²) in [6.07, 6.45) is 11.5. The van der Waals surface area contributed by atoms with Gasteiger partial charge in [-0.15, -0.1) is 0 Å². The molecule has 2 atom stereocenters. The number of ketones is 1. The summed E-state index contributed by atoms with van der Waals surface area (Å²) >= 11 is 0. The second-order valence-electron chi connectivity index (χ2n) is 8.80. The number of ether oxygens (including phenoxy) is 1. The first-order valence-corrected chi connectivity index (χ1v) is 8.30. The molecule has 0 aromatic carbocycles. The molecule has 110 valence electrons. The molecule has 4 fully saturated rings. The van der Waals surface area contributed by atoms with E-state index in [1.807, 2.05) is 0 Å². The molecule has 0 N–H and O–H groups in total. The Morgan fingerprint density at radius 3 is 2.40 bits per heavy atom. The Hall–Kier alpha value is -0.790. The lowest BCUT2D eigenvalue weighted by Crippen LogP contribution is -2.58. The van der Waals surface area contributed by atoms with Crippen LogP contribution in [0.15, 0.2) is 11.8 Å². The zero-order valence-electron chi connectivity index (χ0n) is 12.8. The SMILES string of the molecule is CC12CC3CC(C)(C1)CC(C(=O)C1=CCCCO1)(C3)C2. The zero-order chi connectivity index (χ0) is 14.0. The van der Waals surface area contributed by atoms with Crippen LogP contribution in [-0.4, -0.2) is 12.4 Å². The lowest BCUT2D eigenvalue weighted by Gasteiger charge is -2.64. The largest absolute Gasteiger partial charge is 0.490 e. The predicted molar refractivity (Wildman–Crippen MR) is 78.1 cm³/mol. The molecule has 2 nitrogen and oxygen atoms in total. The fourth-order valence-electron chi connectivity index (χ4n) is 6.68. The van der Waals surface area contributed by atoms with E-state index in [2.05, 4.69) is 19.9 Å². The van der Waals surface area contributed by atoms with Crippen LogP contribution in [0.4, 0.5) is 0 Å². The summed E-state index contributed by atoms with van der Waals surface area (Å²) in [7, 11) is 0. The van der Waals surface area contributed by atoms with Crippen molar-refractivity contribution in [3.05, 3.63) is 11.8 Å². The highest BCUT2D eigenvalue weighted by molar-refractivity contribution is 5.98. The van der Waals surface area contributed by atoms with Crippen molar-refractivity contribution in [3.63, 3.8) is 0 Å². The second-order valence-corrected chi connectivity index (χ2v) is 8.80. The van der Waals surface area contributed by atoms with Crippen LogP contribution in [0.1, 0.15) is 65.2 Å². The van der Waals surface area contributed by atoms with Crippen molar-refractivity contribution in [1.29, 1.82) is 0 Å². The molecule has 20 heavy (non-hydrogen) atoms. The molecule has 5 rings (SSSR count). The maximum absolute atomic E-state index is 13.1. The molecule has 4 aliphatic carbocycles. The number of carbonyl (C=O) groups is 1. The van der Waals surface area contributed by atoms with E-state index in [0.29, 0.717) is 22.4 Å². The van der Waals surface area contributed by atoms with Gasteiger partial charge in [0, 0.05) is 5.41 Å². The molecule has 5 aliphatic rings. The number of hydrogen-bond donors (Lipinski definition) is 0. The van der Waals surface area contributed by atoms with Crippen molar-refractivity contribution in [1.82, 2.24) is 0 Å². The summed E-state index contributed by atoms with van der Waals surface area (Å²) < 4.78 is 5.71. The minimum Gasteiger partial charge on any atom is -0.490 e. The highest BCUT2D eigenvalue weighted by Crippen LogP contribution is 2.70. The average Bonchev–Trinajstić information content (AvgIpc) is 2.34. The first-order chi connectivity index (χ1) is 9.42. The van der Waals surface area contributed by atoms with Gasteiger partial charge in [-0.25, -0.2) is 0 Å². The maximum atomic E-state index is 13.1. The van der Waals surface area contributed by atoms with E-state index in [9.17, 15) is 4.79 Å². The van der Waals surface area contributed by atoms with E-state index < -0.39 is 0 Å². The first kappa shape index (κ1) is 12.9.